The number of halogens is 3. The third-order valence-electron chi connectivity index (χ3n) is 3.62. The number of carbonyl (C=O) groups is 2. The number of hydrogen-bond donors (Lipinski definition) is 1. The van der Waals surface area contributed by atoms with E-state index in [1.165, 1.54) is 39.8 Å². The van der Waals surface area contributed by atoms with Gasteiger partial charge < -0.3 is 15.0 Å². The Morgan fingerprint density at radius 1 is 1.25 bits per heavy atom. The third kappa shape index (κ3) is 5.69. The van der Waals surface area contributed by atoms with Crippen molar-refractivity contribution in [1.82, 2.24) is 9.88 Å². The molecule has 10 heteroatoms. The van der Waals surface area contributed by atoms with E-state index in [0.717, 1.165) is 6.07 Å². The van der Waals surface area contributed by atoms with Crippen molar-refractivity contribution >= 4 is 29.0 Å². The molecular formula is C18H20F3N3O3S. The summed E-state index contributed by atoms with van der Waals surface area (Å²) in [6.07, 6.45) is -3.98. The maximum Gasteiger partial charge on any atom is 0.418 e. The first-order valence-electron chi connectivity index (χ1n) is 8.59. The molecule has 0 aliphatic heterocycles. The van der Waals surface area contributed by atoms with Crippen molar-refractivity contribution in [3.05, 3.63) is 45.9 Å². The molecule has 0 unspecified atom stereocenters. The Hall–Kier alpha value is -2.62. The minimum atomic E-state index is -4.58. The first kappa shape index (κ1) is 21.7. The Bertz CT molecular complexity index is 824. The van der Waals surface area contributed by atoms with Gasteiger partial charge in [0.05, 0.1) is 24.4 Å². The number of nitrogens with zero attached hydrogens (tertiary/aromatic N) is 2. The summed E-state index contributed by atoms with van der Waals surface area (Å²) in [7, 11) is 0. The summed E-state index contributed by atoms with van der Waals surface area (Å²) < 4.78 is 44.2. The number of thiazole rings is 1. The maximum atomic E-state index is 13.1. The van der Waals surface area contributed by atoms with Gasteiger partial charge in [-0.1, -0.05) is 19.1 Å². The van der Waals surface area contributed by atoms with Crippen LogP contribution in [0, 0.1) is 0 Å². The van der Waals surface area contributed by atoms with Crippen LogP contribution < -0.4 is 5.32 Å². The smallest absolute Gasteiger partial charge is 0.418 e. The van der Waals surface area contributed by atoms with E-state index < -0.39 is 23.7 Å². The van der Waals surface area contributed by atoms with Gasteiger partial charge in [-0.05, 0) is 25.5 Å². The largest absolute Gasteiger partial charge is 0.461 e. The first-order valence-corrected chi connectivity index (χ1v) is 9.47. The SMILES string of the molecule is CCCN(Cc1nc(C(=O)OCC)cs1)C(=O)Nc1ccccc1C(F)(F)F. The lowest BCUT2D eigenvalue weighted by Gasteiger charge is -2.22. The second-order valence-electron chi connectivity index (χ2n) is 5.74. The highest BCUT2D eigenvalue weighted by Crippen LogP contribution is 2.34. The summed E-state index contributed by atoms with van der Waals surface area (Å²) in [6.45, 7) is 4.12. The van der Waals surface area contributed by atoms with E-state index in [-0.39, 0.29) is 24.5 Å². The molecular weight excluding hydrogens is 395 g/mol. The lowest BCUT2D eigenvalue weighted by Crippen LogP contribution is -2.35. The molecule has 6 nitrogen and oxygen atoms in total. The van der Waals surface area contributed by atoms with Crippen LogP contribution in [0.4, 0.5) is 23.7 Å². The van der Waals surface area contributed by atoms with Gasteiger partial charge in [0.2, 0.25) is 0 Å². The van der Waals surface area contributed by atoms with Gasteiger partial charge in [-0.2, -0.15) is 13.2 Å². The van der Waals surface area contributed by atoms with Gasteiger partial charge in [0.15, 0.2) is 5.69 Å². The topological polar surface area (TPSA) is 71.5 Å². The van der Waals surface area contributed by atoms with Crippen molar-refractivity contribution in [2.45, 2.75) is 33.0 Å². The Morgan fingerprint density at radius 3 is 2.61 bits per heavy atom. The van der Waals surface area contributed by atoms with Gasteiger partial charge in [-0.25, -0.2) is 14.6 Å². The van der Waals surface area contributed by atoms with Crippen LogP contribution in [0.15, 0.2) is 29.6 Å². The molecule has 0 radical (unpaired) electrons. The van der Waals surface area contributed by atoms with Gasteiger partial charge in [-0.3, -0.25) is 0 Å². The van der Waals surface area contributed by atoms with Gasteiger partial charge in [0.25, 0.3) is 0 Å². The van der Waals surface area contributed by atoms with E-state index in [0.29, 0.717) is 18.0 Å². The van der Waals surface area contributed by atoms with Crippen LogP contribution in [-0.4, -0.2) is 35.0 Å². The molecule has 1 aromatic heterocycles. The zero-order valence-electron chi connectivity index (χ0n) is 15.4. The Kier molecular flexibility index (Phi) is 7.38. The molecule has 0 spiro atoms. The predicted molar refractivity (Wildman–Crippen MR) is 99.2 cm³/mol. The molecule has 0 bridgehead atoms. The molecule has 0 aliphatic rings. The number of anilines is 1. The fraction of sp³-hybridized carbons (Fsp3) is 0.389. The van der Waals surface area contributed by atoms with Crippen molar-refractivity contribution in [1.29, 1.82) is 0 Å². The van der Waals surface area contributed by atoms with E-state index in [1.807, 2.05) is 6.92 Å². The number of benzene rings is 1. The second-order valence-corrected chi connectivity index (χ2v) is 6.68. The zero-order chi connectivity index (χ0) is 20.7. The first-order chi connectivity index (χ1) is 13.3. The summed E-state index contributed by atoms with van der Waals surface area (Å²) in [6, 6.07) is 4.11. The molecule has 2 rings (SSSR count). The summed E-state index contributed by atoms with van der Waals surface area (Å²) in [4.78, 5) is 29.7. The minimum Gasteiger partial charge on any atom is -0.461 e. The van der Waals surface area contributed by atoms with E-state index >= 15 is 0 Å². The van der Waals surface area contributed by atoms with Crippen molar-refractivity contribution in [3.8, 4) is 0 Å². The maximum absolute atomic E-state index is 13.1. The van der Waals surface area contributed by atoms with Gasteiger partial charge in [0, 0.05) is 11.9 Å². The highest BCUT2D eigenvalue weighted by atomic mass is 32.1. The van der Waals surface area contributed by atoms with E-state index in [1.54, 1.807) is 6.92 Å². The molecule has 1 aromatic carbocycles. The third-order valence-corrected chi connectivity index (χ3v) is 4.45. The molecule has 28 heavy (non-hydrogen) atoms. The molecule has 0 saturated heterocycles. The van der Waals surface area contributed by atoms with Crippen molar-refractivity contribution in [3.63, 3.8) is 0 Å². The number of amides is 2. The molecule has 0 saturated carbocycles. The van der Waals surface area contributed by atoms with Crippen LogP contribution >= 0.6 is 11.3 Å². The standard InChI is InChI=1S/C18H20F3N3O3S/c1-3-9-24(10-15-22-14(11-28-15)16(25)27-4-2)17(26)23-13-8-6-5-7-12(13)18(19,20)21/h5-8,11H,3-4,9-10H2,1-2H3,(H,23,26). The number of rotatable bonds is 7. The highest BCUT2D eigenvalue weighted by Gasteiger charge is 2.34. The van der Waals surface area contributed by atoms with Gasteiger partial charge >= 0.3 is 18.2 Å². The molecule has 2 aromatic rings. The Labute approximate surface area is 164 Å². The van der Waals surface area contributed by atoms with Crippen LogP contribution in [-0.2, 0) is 17.5 Å². The Morgan fingerprint density at radius 2 is 1.96 bits per heavy atom. The number of aromatic nitrogens is 1. The van der Waals surface area contributed by atoms with Crippen molar-refractivity contribution < 1.29 is 27.5 Å². The molecule has 1 N–H and O–H groups in total. The average molecular weight is 415 g/mol. The van der Waals surface area contributed by atoms with Gasteiger partial charge in [0.1, 0.15) is 5.01 Å². The molecule has 0 atom stereocenters. The number of carbonyl (C=O) groups excluding carboxylic acids is 2. The normalized spacial score (nSPS) is 11.2. The molecule has 1 heterocycles. The lowest BCUT2D eigenvalue weighted by atomic mass is 10.1. The average Bonchev–Trinajstić information content (AvgIpc) is 3.10. The van der Waals surface area contributed by atoms with E-state index in [2.05, 4.69) is 10.3 Å². The van der Waals surface area contributed by atoms with Crippen LogP contribution in [0.25, 0.3) is 0 Å². The number of para-hydroxylation sites is 1. The number of esters is 1. The zero-order valence-corrected chi connectivity index (χ0v) is 16.2. The number of alkyl halides is 3. The highest BCUT2D eigenvalue weighted by molar-refractivity contribution is 7.09. The van der Waals surface area contributed by atoms with Crippen LogP contribution in [0.5, 0.6) is 0 Å². The Balaban J connectivity index is 2.14. The fourth-order valence-electron chi connectivity index (χ4n) is 2.40. The fourth-order valence-corrected chi connectivity index (χ4v) is 3.18. The molecule has 0 fully saturated rings. The molecule has 2 amide bonds. The summed E-state index contributed by atoms with van der Waals surface area (Å²) in [5, 5.41) is 4.33. The van der Waals surface area contributed by atoms with Crippen LogP contribution in [0.2, 0.25) is 0 Å². The second kappa shape index (κ2) is 9.54. The number of ether oxygens (including phenoxy) is 1. The number of urea groups is 1. The lowest BCUT2D eigenvalue weighted by molar-refractivity contribution is -0.136. The van der Waals surface area contributed by atoms with E-state index in [9.17, 15) is 22.8 Å². The molecule has 152 valence electrons. The quantitative estimate of drug-likeness (QED) is 0.661. The monoisotopic (exact) mass is 415 g/mol. The van der Waals surface area contributed by atoms with Crippen LogP contribution in [0.3, 0.4) is 0 Å². The summed E-state index contributed by atoms with van der Waals surface area (Å²) >= 11 is 1.18. The summed E-state index contributed by atoms with van der Waals surface area (Å²) in [5.41, 5.74) is -1.09. The predicted octanol–water partition coefficient (Wildman–Crippen LogP) is 4.78. The number of hydrogen-bond acceptors (Lipinski definition) is 5. The van der Waals surface area contributed by atoms with Crippen molar-refractivity contribution in [2.75, 3.05) is 18.5 Å². The van der Waals surface area contributed by atoms with Gasteiger partial charge in [-0.15, -0.1) is 11.3 Å². The number of nitrogens with one attached hydrogen (secondary N) is 1. The summed E-state index contributed by atoms with van der Waals surface area (Å²) in [5.74, 6) is -0.560. The molecule has 0 aliphatic carbocycles. The van der Waals surface area contributed by atoms with Crippen LogP contribution in [0.1, 0.15) is 41.3 Å². The minimum absolute atomic E-state index is 0.0674. The van der Waals surface area contributed by atoms with E-state index in [4.69, 9.17) is 4.74 Å². The van der Waals surface area contributed by atoms with Crippen molar-refractivity contribution in [2.24, 2.45) is 0 Å².